The van der Waals surface area contributed by atoms with Crippen molar-refractivity contribution in [3.8, 4) is 11.5 Å². The van der Waals surface area contributed by atoms with Gasteiger partial charge in [0.1, 0.15) is 5.57 Å². The summed E-state index contributed by atoms with van der Waals surface area (Å²) in [6, 6.07) is 3.02. The number of fused-ring (bicyclic) bond motifs is 1. The minimum absolute atomic E-state index is 0.136. The van der Waals surface area contributed by atoms with Gasteiger partial charge in [-0.2, -0.15) is 0 Å². The highest BCUT2D eigenvalue weighted by Crippen LogP contribution is 2.39. The molecule has 0 heterocycles. The molecule has 0 saturated carbocycles. The average molecular weight is 234 g/mol. The molecule has 5 nitrogen and oxygen atoms in total. The number of carbonyl (C=O) groups is 2. The Morgan fingerprint density at radius 3 is 2.35 bits per heavy atom. The first kappa shape index (κ1) is 11.2. The van der Waals surface area contributed by atoms with Gasteiger partial charge < -0.3 is 14.6 Å². The normalized spacial score (nSPS) is 16.2. The molecule has 1 aromatic carbocycles. The summed E-state index contributed by atoms with van der Waals surface area (Å²) in [7, 11) is 2.82. The molecule has 1 aliphatic carbocycles. The number of allylic oxidation sites excluding steroid dienone is 1. The summed E-state index contributed by atoms with van der Waals surface area (Å²) < 4.78 is 10.1. The largest absolute Gasteiger partial charge is 0.515 e. The first-order chi connectivity index (χ1) is 8.15. The number of hydrogen-bond donors (Lipinski definition) is 1. The second kappa shape index (κ2) is 3.93. The van der Waals surface area contributed by atoms with Crippen molar-refractivity contribution in [2.24, 2.45) is 0 Å². The Morgan fingerprint density at radius 2 is 1.82 bits per heavy atom. The average Bonchev–Trinajstić information content (AvgIpc) is 2.60. The SMILES string of the molecule is COc1ccc2c(c1OC)C(=O)C(=CO)C2=O. The highest BCUT2D eigenvalue weighted by atomic mass is 16.5. The van der Waals surface area contributed by atoms with E-state index < -0.39 is 11.6 Å². The number of aliphatic hydroxyl groups excluding tert-OH is 1. The maximum Gasteiger partial charge on any atom is 0.204 e. The van der Waals surface area contributed by atoms with Crippen molar-refractivity contribution in [3.05, 3.63) is 35.1 Å². The van der Waals surface area contributed by atoms with E-state index in [4.69, 9.17) is 14.6 Å². The summed E-state index contributed by atoms with van der Waals surface area (Å²) in [6.45, 7) is 0. The molecule has 0 radical (unpaired) electrons. The highest BCUT2D eigenvalue weighted by molar-refractivity contribution is 6.40. The van der Waals surface area contributed by atoms with Gasteiger partial charge in [-0.05, 0) is 12.1 Å². The zero-order valence-electron chi connectivity index (χ0n) is 9.31. The summed E-state index contributed by atoms with van der Waals surface area (Å²) in [5.74, 6) is -0.483. The van der Waals surface area contributed by atoms with E-state index in [9.17, 15) is 9.59 Å². The van der Waals surface area contributed by atoms with Crippen LogP contribution in [0.5, 0.6) is 11.5 Å². The van der Waals surface area contributed by atoms with Crippen LogP contribution in [0.25, 0.3) is 0 Å². The van der Waals surface area contributed by atoms with Crippen LogP contribution < -0.4 is 9.47 Å². The molecule has 1 aliphatic rings. The van der Waals surface area contributed by atoms with Crippen LogP contribution in [0.4, 0.5) is 0 Å². The van der Waals surface area contributed by atoms with Gasteiger partial charge in [0.25, 0.3) is 0 Å². The highest BCUT2D eigenvalue weighted by Gasteiger charge is 2.37. The second-order valence-electron chi connectivity index (χ2n) is 3.42. The van der Waals surface area contributed by atoms with Crippen LogP contribution in [0, 0.1) is 0 Å². The maximum absolute atomic E-state index is 11.9. The van der Waals surface area contributed by atoms with E-state index in [2.05, 4.69) is 0 Å². The topological polar surface area (TPSA) is 72.8 Å². The van der Waals surface area contributed by atoms with Crippen LogP contribution in [-0.2, 0) is 0 Å². The summed E-state index contributed by atoms with van der Waals surface area (Å²) in [5.41, 5.74) is 0.0941. The molecule has 0 fully saturated rings. The van der Waals surface area contributed by atoms with Crippen molar-refractivity contribution in [2.75, 3.05) is 14.2 Å². The second-order valence-corrected chi connectivity index (χ2v) is 3.42. The lowest BCUT2D eigenvalue weighted by molar-refractivity contribution is 0.0984. The molecule has 1 N–H and O–H groups in total. The van der Waals surface area contributed by atoms with Crippen molar-refractivity contribution in [3.63, 3.8) is 0 Å². The molecule has 17 heavy (non-hydrogen) atoms. The quantitative estimate of drug-likeness (QED) is 0.477. The van der Waals surface area contributed by atoms with E-state index in [-0.39, 0.29) is 22.4 Å². The lowest BCUT2D eigenvalue weighted by Gasteiger charge is -2.09. The molecule has 0 saturated heterocycles. The molecule has 0 spiro atoms. The third-order valence-corrected chi connectivity index (χ3v) is 2.64. The number of hydrogen-bond acceptors (Lipinski definition) is 5. The van der Waals surface area contributed by atoms with E-state index in [1.54, 1.807) is 6.07 Å². The fourth-order valence-corrected chi connectivity index (χ4v) is 1.84. The van der Waals surface area contributed by atoms with Gasteiger partial charge in [0.2, 0.25) is 11.6 Å². The minimum atomic E-state index is -0.553. The number of aliphatic hydroxyl groups is 1. The molecule has 88 valence electrons. The number of rotatable bonds is 2. The Balaban J connectivity index is 2.75. The van der Waals surface area contributed by atoms with E-state index in [1.165, 1.54) is 20.3 Å². The van der Waals surface area contributed by atoms with Crippen molar-refractivity contribution >= 4 is 11.6 Å². The summed E-state index contributed by atoms with van der Waals surface area (Å²) in [4.78, 5) is 23.7. The monoisotopic (exact) mass is 234 g/mol. The zero-order chi connectivity index (χ0) is 12.6. The van der Waals surface area contributed by atoms with Gasteiger partial charge in [-0.25, -0.2) is 0 Å². The van der Waals surface area contributed by atoms with Crippen molar-refractivity contribution < 1.29 is 24.2 Å². The van der Waals surface area contributed by atoms with Gasteiger partial charge in [0.15, 0.2) is 11.5 Å². The Labute approximate surface area is 97.3 Å². The van der Waals surface area contributed by atoms with Gasteiger partial charge in [0, 0.05) is 5.56 Å². The predicted octanol–water partition coefficient (Wildman–Crippen LogP) is 1.52. The number of methoxy groups -OCH3 is 2. The third kappa shape index (κ3) is 1.39. The molecule has 1 aromatic rings. The third-order valence-electron chi connectivity index (χ3n) is 2.64. The number of ether oxygens (including phenoxy) is 2. The van der Waals surface area contributed by atoms with E-state index in [0.717, 1.165) is 0 Å². The molecule has 0 aliphatic heterocycles. The van der Waals surface area contributed by atoms with Crippen LogP contribution in [0.1, 0.15) is 20.7 Å². The van der Waals surface area contributed by atoms with E-state index in [0.29, 0.717) is 12.0 Å². The van der Waals surface area contributed by atoms with Crippen molar-refractivity contribution in [2.45, 2.75) is 0 Å². The molecule has 5 heteroatoms. The molecule has 0 bridgehead atoms. The summed E-state index contributed by atoms with van der Waals surface area (Å²) in [6.07, 6.45) is 0.524. The fourth-order valence-electron chi connectivity index (χ4n) is 1.84. The van der Waals surface area contributed by atoms with Crippen LogP contribution in [-0.4, -0.2) is 30.9 Å². The fraction of sp³-hybridized carbons (Fsp3) is 0.167. The zero-order valence-corrected chi connectivity index (χ0v) is 9.31. The smallest absolute Gasteiger partial charge is 0.204 e. The molecular weight excluding hydrogens is 224 g/mol. The summed E-state index contributed by atoms with van der Waals surface area (Å²) in [5, 5.41) is 8.89. The van der Waals surface area contributed by atoms with Crippen LogP contribution in [0.2, 0.25) is 0 Å². The van der Waals surface area contributed by atoms with Gasteiger partial charge >= 0.3 is 0 Å². The van der Waals surface area contributed by atoms with Crippen molar-refractivity contribution in [1.29, 1.82) is 0 Å². The lowest BCUT2D eigenvalue weighted by atomic mass is 10.1. The Hall–Kier alpha value is -2.30. The lowest BCUT2D eigenvalue weighted by Crippen LogP contribution is -2.01. The van der Waals surface area contributed by atoms with Crippen LogP contribution >= 0.6 is 0 Å². The van der Waals surface area contributed by atoms with Gasteiger partial charge in [-0.15, -0.1) is 0 Å². The number of benzene rings is 1. The van der Waals surface area contributed by atoms with Gasteiger partial charge in [-0.1, -0.05) is 0 Å². The number of Topliss-reactive ketones (excluding diaryl/α,β-unsaturated/α-hetero) is 2. The molecule has 0 amide bonds. The molecule has 0 aromatic heterocycles. The Bertz CT molecular complexity index is 542. The van der Waals surface area contributed by atoms with Gasteiger partial charge in [-0.3, -0.25) is 9.59 Å². The number of ketones is 2. The maximum atomic E-state index is 11.9. The first-order valence-electron chi connectivity index (χ1n) is 4.84. The molecule has 0 atom stereocenters. The minimum Gasteiger partial charge on any atom is -0.515 e. The van der Waals surface area contributed by atoms with Crippen LogP contribution in [0.15, 0.2) is 24.0 Å². The molecular formula is C12H10O5. The van der Waals surface area contributed by atoms with Gasteiger partial charge in [0.05, 0.1) is 26.0 Å². The first-order valence-corrected chi connectivity index (χ1v) is 4.84. The Morgan fingerprint density at radius 1 is 1.12 bits per heavy atom. The molecule has 0 unspecified atom stereocenters. The van der Waals surface area contributed by atoms with Crippen molar-refractivity contribution in [1.82, 2.24) is 0 Å². The van der Waals surface area contributed by atoms with Crippen LogP contribution in [0.3, 0.4) is 0 Å². The van der Waals surface area contributed by atoms with E-state index >= 15 is 0 Å². The standard InChI is InChI=1S/C12H10O5/c1-16-8-4-3-6-9(12(8)17-2)11(15)7(5-13)10(6)14/h3-5,13H,1-2H3. The Kier molecular flexibility index (Phi) is 2.59. The van der Waals surface area contributed by atoms with E-state index in [1.807, 2.05) is 0 Å². The molecule has 2 rings (SSSR count). The summed E-state index contributed by atoms with van der Waals surface area (Å²) >= 11 is 0. The number of carbonyl (C=O) groups excluding carboxylic acids is 2. The predicted molar refractivity (Wildman–Crippen MR) is 58.9 cm³/mol.